The molecular weight excluding hydrogens is 241 g/mol. The topological polar surface area (TPSA) is 28.2 Å². The molecule has 0 saturated heterocycles. The highest BCUT2D eigenvalue weighted by atomic mass is 19.1. The van der Waals surface area contributed by atoms with Crippen LogP contribution in [0.3, 0.4) is 0 Å². The maximum Gasteiger partial charge on any atom is 0.170 e. The number of hydrogen-bond acceptors (Lipinski definition) is 3. The number of hydrogen-bond donors (Lipinski definition) is 1. The minimum absolute atomic E-state index is 0.282. The lowest BCUT2D eigenvalue weighted by Crippen LogP contribution is -2.26. The molecule has 0 spiro atoms. The van der Waals surface area contributed by atoms with E-state index in [-0.39, 0.29) is 5.82 Å². The highest BCUT2D eigenvalue weighted by Crippen LogP contribution is 2.19. The number of aromatic nitrogens is 1. The first-order valence-corrected chi connectivity index (χ1v) is 6.62. The van der Waals surface area contributed by atoms with E-state index in [4.69, 9.17) is 6.42 Å². The maximum atomic E-state index is 14.3. The Morgan fingerprint density at radius 2 is 2.26 bits per heavy atom. The number of halogens is 1. The fourth-order valence-corrected chi connectivity index (χ4v) is 1.77. The summed E-state index contributed by atoms with van der Waals surface area (Å²) in [5.74, 6) is 3.12. The van der Waals surface area contributed by atoms with Gasteiger partial charge in [-0.25, -0.2) is 9.37 Å². The van der Waals surface area contributed by atoms with E-state index in [1.807, 2.05) is 6.92 Å². The summed E-state index contributed by atoms with van der Waals surface area (Å²) in [5, 5.41) is 3.23. The monoisotopic (exact) mass is 263 g/mol. The van der Waals surface area contributed by atoms with E-state index in [0.717, 1.165) is 6.54 Å². The zero-order valence-electron chi connectivity index (χ0n) is 11.9. The van der Waals surface area contributed by atoms with Gasteiger partial charge in [-0.3, -0.25) is 0 Å². The van der Waals surface area contributed by atoms with Crippen LogP contribution in [-0.4, -0.2) is 24.6 Å². The van der Waals surface area contributed by atoms with Gasteiger partial charge in [0.2, 0.25) is 0 Å². The number of nitrogens with one attached hydrogen (secondary N) is 1. The Morgan fingerprint density at radius 1 is 1.53 bits per heavy atom. The Kier molecular flexibility index (Phi) is 6.31. The van der Waals surface area contributed by atoms with E-state index >= 15 is 0 Å². The average molecular weight is 263 g/mol. The van der Waals surface area contributed by atoms with Gasteiger partial charge in [-0.15, -0.1) is 6.42 Å². The van der Waals surface area contributed by atoms with Gasteiger partial charge in [0.05, 0.1) is 6.54 Å². The predicted octanol–water partition coefficient (Wildman–Crippen LogP) is 2.43. The largest absolute Gasteiger partial charge is 0.343 e. The van der Waals surface area contributed by atoms with Gasteiger partial charge in [0.1, 0.15) is 0 Å². The van der Waals surface area contributed by atoms with Crippen molar-refractivity contribution in [3.05, 3.63) is 23.6 Å². The van der Waals surface area contributed by atoms with Gasteiger partial charge in [-0.05, 0) is 25.5 Å². The number of terminal acetylenes is 1. The van der Waals surface area contributed by atoms with Crippen molar-refractivity contribution in [2.75, 3.05) is 24.5 Å². The molecule has 1 rings (SSSR count). The van der Waals surface area contributed by atoms with E-state index in [2.05, 4.69) is 30.1 Å². The molecule has 0 atom stereocenters. The lowest BCUT2D eigenvalue weighted by atomic mass is 10.2. The molecular formula is C15H22FN3. The van der Waals surface area contributed by atoms with Crippen molar-refractivity contribution < 1.29 is 4.39 Å². The number of anilines is 1. The average Bonchev–Trinajstić information content (AvgIpc) is 2.38. The summed E-state index contributed by atoms with van der Waals surface area (Å²) in [6.45, 7) is 8.54. The van der Waals surface area contributed by atoms with Crippen LogP contribution in [0.2, 0.25) is 0 Å². The standard InChI is InChI=1S/C15H22FN3/c1-5-9-19(6-2)15-14(16)13(7-8-18-15)11-17-10-12(3)4/h1,7-8,12,17H,6,9-11H2,2-4H3. The van der Waals surface area contributed by atoms with Crippen LogP contribution >= 0.6 is 0 Å². The van der Waals surface area contributed by atoms with Gasteiger partial charge >= 0.3 is 0 Å². The SMILES string of the molecule is C#CCN(CC)c1nccc(CNCC(C)C)c1F. The highest BCUT2D eigenvalue weighted by molar-refractivity contribution is 5.44. The van der Waals surface area contributed by atoms with Crippen LogP contribution in [0.15, 0.2) is 12.3 Å². The quantitative estimate of drug-likeness (QED) is 0.766. The molecule has 1 N–H and O–H groups in total. The molecule has 0 aromatic carbocycles. The summed E-state index contributed by atoms with van der Waals surface area (Å²) in [6, 6.07) is 1.70. The molecule has 104 valence electrons. The third-order valence-electron chi connectivity index (χ3n) is 2.78. The van der Waals surface area contributed by atoms with Crippen molar-refractivity contribution in [3.63, 3.8) is 0 Å². The summed E-state index contributed by atoms with van der Waals surface area (Å²) < 4.78 is 14.3. The molecule has 0 unspecified atom stereocenters. The van der Waals surface area contributed by atoms with Gasteiger partial charge in [0, 0.05) is 24.8 Å². The second-order valence-electron chi connectivity index (χ2n) is 4.85. The Hall–Kier alpha value is -1.60. The van der Waals surface area contributed by atoms with E-state index < -0.39 is 0 Å². The minimum Gasteiger partial charge on any atom is -0.343 e. The predicted molar refractivity (Wildman–Crippen MR) is 77.5 cm³/mol. The second-order valence-corrected chi connectivity index (χ2v) is 4.85. The summed E-state index contributed by atoms with van der Waals surface area (Å²) >= 11 is 0. The van der Waals surface area contributed by atoms with Crippen LogP contribution < -0.4 is 10.2 Å². The summed E-state index contributed by atoms with van der Waals surface area (Å²) in [6.07, 6.45) is 6.92. The molecule has 0 aliphatic carbocycles. The lowest BCUT2D eigenvalue weighted by Gasteiger charge is -2.20. The smallest absolute Gasteiger partial charge is 0.170 e. The fraction of sp³-hybridized carbons (Fsp3) is 0.533. The van der Waals surface area contributed by atoms with Crippen LogP contribution in [0.4, 0.5) is 10.2 Å². The van der Waals surface area contributed by atoms with Gasteiger partial charge in [0.25, 0.3) is 0 Å². The van der Waals surface area contributed by atoms with Gasteiger partial charge in [-0.1, -0.05) is 19.8 Å². The van der Waals surface area contributed by atoms with Crippen LogP contribution in [0.1, 0.15) is 26.3 Å². The van der Waals surface area contributed by atoms with E-state index in [1.54, 1.807) is 17.2 Å². The van der Waals surface area contributed by atoms with Crippen molar-refractivity contribution in [1.29, 1.82) is 0 Å². The third-order valence-corrected chi connectivity index (χ3v) is 2.78. The summed E-state index contributed by atoms with van der Waals surface area (Å²) in [5.41, 5.74) is 0.626. The molecule has 3 nitrogen and oxygen atoms in total. The Labute approximate surface area is 115 Å². The third kappa shape index (κ3) is 4.53. The lowest BCUT2D eigenvalue weighted by molar-refractivity contribution is 0.532. The van der Waals surface area contributed by atoms with Gasteiger partial charge in [-0.2, -0.15) is 0 Å². The summed E-state index contributed by atoms with van der Waals surface area (Å²) in [4.78, 5) is 5.85. The zero-order chi connectivity index (χ0) is 14.3. The van der Waals surface area contributed by atoms with E-state index in [1.165, 1.54) is 0 Å². The molecule has 0 bridgehead atoms. The number of nitrogens with zero attached hydrogens (tertiary/aromatic N) is 2. The van der Waals surface area contributed by atoms with Crippen molar-refractivity contribution >= 4 is 5.82 Å². The van der Waals surface area contributed by atoms with E-state index in [0.29, 0.717) is 36.9 Å². The Morgan fingerprint density at radius 3 is 2.84 bits per heavy atom. The van der Waals surface area contributed by atoms with Crippen LogP contribution in [-0.2, 0) is 6.54 Å². The van der Waals surface area contributed by atoms with E-state index in [9.17, 15) is 4.39 Å². The molecule has 4 heteroatoms. The molecule has 1 aromatic rings. The summed E-state index contributed by atoms with van der Waals surface area (Å²) in [7, 11) is 0. The van der Waals surface area contributed by atoms with Crippen molar-refractivity contribution in [3.8, 4) is 12.3 Å². The highest BCUT2D eigenvalue weighted by Gasteiger charge is 2.14. The first-order valence-electron chi connectivity index (χ1n) is 6.62. The molecule has 0 aliphatic rings. The number of rotatable bonds is 7. The zero-order valence-corrected chi connectivity index (χ0v) is 11.9. The van der Waals surface area contributed by atoms with Crippen molar-refractivity contribution in [1.82, 2.24) is 10.3 Å². The first-order chi connectivity index (χ1) is 9.10. The fourth-order valence-electron chi connectivity index (χ4n) is 1.77. The molecule has 19 heavy (non-hydrogen) atoms. The van der Waals surface area contributed by atoms with Crippen LogP contribution in [0.25, 0.3) is 0 Å². The van der Waals surface area contributed by atoms with Crippen molar-refractivity contribution in [2.24, 2.45) is 5.92 Å². The molecule has 0 radical (unpaired) electrons. The van der Waals surface area contributed by atoms with Gasteiger partial charge < -0.3 is 10.2 Å². The van der Waals surface area contributed by atoms with Crippen LogP contribution in [0.5, 0.6) is 0 Å². The Bertz CT molecular complexity index is 438. The first kappa shape index (κ1) is 15.5. The normalized spacial score (nSPS) is 10.5. The second kappa shape index (κ2) is 7.75. The molecule has 1 heterocycles. The maximum absolute atomic E-state index is 14.3. The number of pyridine rings is 1. The van der Waals surface area contributed by atoms with Crippen LogP contribution in [0, 0.1) is 24.1 Å². The minimum atomic E-state index is -0.282. The Balaban J connectivity index is 2.82. The molecule has 0 fully saturated rings. The van der Waals surface area contributed by atoms with Crippen molar-refractivity contribution in [2.45, 2.75) is 27.3 Å². The molecule has 0 amide bonds. The molecule has 1 aromatic heterocycles. The van der Waals surface area contributed by atoms with Gasteiger partial charge in [0.15, 0.2) is 11.6 Å². The molecule has 0 saturated carbocycles. The molecule has 0 aliphatic heterocycles.